The summed E-state index contributed by atoms with van der Waals surface area (Å²) >= 11 is 1.75. The Balaban J connectivity index is 0.00000220. The van der Waals surface area contributed by atoms with Crippen LogP contribution in [0.1, 0.15) is 20.3 Å². The first-order chi connectivity index (χ1) is 9.51. The summed E-state index contributed by atoms with van der Waals surface area (Å²) in [6, 6.07) is 8.61. The molecule has 21 heavy (non-hydrogen) atoms. The Kier molecular flexibility index (Phi) is 7.34. The van der Waals surface area contributed by atoms with Crippen LogP contribution in [-0.4, -0.2) is 43.4 Å². The molecule has 1 aliphatic rings. The van der Waals surface area contributed by atoms with Crippen molar-refractivity contribution < 1.29 is 4.74 Å². The lowest BCUT2D eigenvalue weighted by Crippen LogP contribution is -2.53. The highest BCUT2D eigenvalue weighted by Gasteiger charge is 2.32. The van der Waals surface area contributed by atoms with E-state index in [4.69, 9.17) is 10.5 Å². The Morgan fingerprint density at radius 2 is 2.00 bits per heavy atom. The molecule has 1 aromatic carbocycles. The van der Waals surface area contributed by atoms with Crippen LogP contribution in [0.25, 0.3) is 0 Å². The van der Waals surface area contributed by atoms with Crippen LogP contribution in [0.3, 0.4) is 0 Å². The molecule has 1 atom stereocenters. The fraction of sp³-hybridized carbons (Fsp3) is 0.625. The molecular weight excluding hydrogens is 304 g/mol. The molecule has 0 bridgehead atoms. The van der Waals surface area contributed by atoms with Gasteiger partial charge in [-0.2, -0.15) is 0 Å². The van der Waals surface area contributed by atoms with E-state index in [0.29, 0.717) is 6.04 Å². The number of halogens is 1. The lowest BCUT2D eigenvalue weighted by molar-refractivity contribution is 0.0831. The Labute approximate surface area is 139 Å². The maximum atomic E-state index is 6.16. The fourth-order valence-electron chi connectivity index (χ4n) is 2.64. The quantitative estimate of drug-likeness (QED) is 0.841. The molecule has 2 N–H and O–H groups in total. The largest absolute Gasteiger partial charge is 0.492 e. The summed E-state index contributed by atoms with van der Waals surface area (Å²) in [5.41, 5.74) is 6.37. The highest BCUT2D eigenvalue weighted by molar-refractivity contribution is 7.98. The van der Waals surface area contributed by atoms with Crippen LogP contribution in [0.2, 0.25) is 0 Å². The van der Waals surface area contributed by atoms with Crippen molar-refractivity contribution in [2.45, 2.75) is 31.2 Å². The average Bonchev–Trinajstić information content (AvgIpc) is 2.43. The second-order valence-corrected chi connectivity index (χ2v) is 7.06. The summed E-state index contributed by atoms with van der Waals surface area (Å²) in [6.45, 7) is 8.37. The van der Waals surface area contributed by atoms with Gasteiger partial charge in [-0.15, -0.1) is 24.2 Å². The minimum absolute atomic E-state index is 0. The van der Waals surface area contributed by atoms with E-state index in [1.807, 2.05) is 12.1 Å². The van der Waals surface area contributed by atoms with Gasteiger partial charge in [0.25, 0.3) is 0 Å². The maximum absolute atomic E-state index is 6.16. The molecule has 0 radical (unpaired) electrons. The van der Waals surface area contributed by atoms with Crippen LogP contribution in [-0.2, 0) is 0 Å². The molecule has 2 rings (SSSR count). The molecule has 0 saturated carbocycles. The summed E-state index contributed by atoms with van der Waals surface area (Å²) in [4.78, 5) is 3.73. The molecule has 1 heterocycles. The first-order valence-electron chi connectivity index (χ1n) is 7.26. The number of thioether (sulfide) groups is 1. The van der Waals surface area contributed by atoms with Crippen LogP contribution >= 0.6 is 24.2 Å². The molecule has 0 aromatic heterocycles. The van der Waals surface area contributed by atoms with Crippen molar-refractivity contribution in [2.24, 2.45) is 11.1 Å². The molecule has 0 amide bonds. The number of rotatable bonds is 5. The van der Waals surface area contributed by atoms with Crippen LogP contribution in [0.15, 0.2) is 29.2 Å². The highest BCUT2D eigenvalue weighted by atomic mass is 35.5. The van der Waals surface area contributed by atoms with Crippen molar-refractivity contribution in [3.63, 3.8) is 0 Å². The molecule has 1 saturated heterocycles. The Morgan fingerprint density at radius 3 is 2.57 bits per heavy atom. The van der Waals surface area contributed by atoms with Crippen LogP contribution in [0.4, 0.5) is 0 Å². The van der Waals surface area contributed by atoms with Crippen molar-refractivity contribution >= 4 is 24.2 Å². The molecule has 5 heteroatoms. The van der Waals surface area contributed by atoms with Gasteiger partial charge in [0.15, 0.2) is 0 Å². The standard InChI is InChI=1S/C16H26N2OS.ClH/c1-16(2)12-18(9-8-15(16)17)10-11-19-13-4-6-14(20-3)7-5-13;/h4-7,15H,8-12,17H2,1-3H3;1H. The van der Waals surface area contributed by atoms with Gasteiger partial charge < -0.3 is 10.5 Å². The van der Waals surface area contributed by atoms with E-state index >= 15 is 0 Å². The molecule has 0 aliphatic carbocycles. The van der Waals surface area contributed by atoms with Crippen molar-refractivity contribution in [1.82, 2.24) is 4.90 Å². The molecule has 0 spiro atoms. The predicted molar refractivity (Wildman–Crippen MR) is 93.8 cm³/mol. The molecule has 1 fully saturated rings. The fourth-order valence-corrected chi connectivity index (χ4v) is 3.05. The number of benzene rings is 1. The van der Waals surface area contributed by atoms with Gasteiger partial charge in [0, 0.05) is 24.0 Å². The molecular formula is C16H27ClN2OS. The van der Waals surface area contributed by atoms with E-state index in [0.717, 1.165) is 38.4 Å². The first-order valence-corrected chi connectivity index (χ1v) is 8.48. The van der Waals surface area contributed by atoms with Gasteiger partial charge in [0.1, 0.15) is 12.4 Å². The second-order valence-electron chi connectivity index (χ2n) is 6.18. The predicted octanol–water partition coefficient (Wildman–Crippen LogP) is 3.27. The summed E-state index contributed by atoms with van der Waals surface area (Å²) in [6.07, 6.45) is 3.16. The monoisotopic (exact) mass is 330 g/mol. The highest BCUT2D eigenvalue weighted by Crippen LogP contribution is 2.27. The van der Waals surface area contributed by atoms with Crippen LogP contribution < -0.4 is 10.5 Å². The normalized spacial score (nSPS) is 21.6. The van der Waals surface area contributed by atoms with E-state index in [1.54, 1.807) is 11.8 Å². The van der Waals surface area contributed by atoms with Crippen molar-refractivity contribution in [3.8, 4) is 5.75 Å². The zero-order chi connectivity index (χ0) is 14.6. The first kappa shape index (κ1) is 18.6. The second kappa shape index (κ2) is 8.28. The van der Waals surface area contributed by atoms with Crippen LogP contribution in [0, 0.1) is 5.41 Å². The number of nitrogens with zero attached hydrogens (tertiary/aromatic N) is 1. The summed E-state index contributed by atoms with van der Waals surface area (Å²) in [7, 11) is 0. The lowest BCUT2D eigenvalue weighted by atomic mass is 9.80. The van der Waals surface area contributed by atoms with Crippen molar-refractivity contribution in [2.75, 3.05) is 32.5 Å². The van der Waals surface area contributed by atoms with Gasteiger partial charge in [-0.05, 0) is 48.9 Å². The summed E-state index contributed by atoms with van der Waals surface area (Å²) < 4.78 is 5.82. The van der Waals surface area contributed by atoms with E-state index in [-0.39, 0.29) is 17.8 Å². The molecule has 120 valence electrons. The van der Waals surface area contributed by atoms with Gasteiger partial charge >= 0.3 is 0 Å². The number of hydrogen-bond donors (Lipinski definition) is 1. The zero-order valence-corrected chi connectivity index (χ0v) is 14.8. The molecule has 1 aromatic rings. The number of likely N-dealkylation sites (tertiary alicyclic amines) is 1. The van der Waals surface area contributed by atoms with E-state index in [2.05, 4.69) is 37.1 Å². The molecule has 1 unspecified atom stereocenters. The van der Waals surface area contributed by atoms with E-state index in [1.165, 1.54) is 4.90 Å². The van der Waals surface area contributed by atoms with Crippen molar-refractivity contribution in [3.05, 3.63) is 24.3 Å². The Bertz CT molecular complexity index is 425. The number of hydrogen-bond acceptors (Lipinski definition) is 4. The topological polar surface area (TPSA) is 38.5 Å². The van der Waals surface area contributed by atoms with Crippen LogP contribution in [0.5, 0.6) is 5.75 Å². The third-order valence-corrected chi connectivity index (χ3v) is 4.87. The van der Waals surface area contributed by atoms with E-state index in [9.17, 15) is 0 Å². The summed E-state index contributed by atoms with van der Waals surface area (Å²) in [5.74, 6) is 0.954. The van der Waals surface area contributed by atoms with Gasteiger partial charge in [-0.1, -0.05) is 13.8 Å². The summed E-state index contributed by atoms with van der Waals surface area (Å²) in [5, 5.41) is 0. The minimum atomic E-state index is 0. The van der Waals surface area contributed by atoms with Crippen molar-refractivity contribution in [1.29, 1.82) is 0 Å². The van der Waals surface area contributed by atoms with Gasteiger partial charge in [-0.3, -0.25) is 4.90 Å². The number of ether oxygens (including phenoxy) is 1. The van der Waals surface area contributed by atoms with Gasteiger partial charge in [0.05, 0.1) is 0 Å². The smallest absolute Gasteiger partial charge is 0.119 e. The Morgan fingerprint density at radius 1 is 1.33 bits per heavy atom. The molecule has 3 nitrogen and oxygen atoms in total. The van der Waals surface area contributed by atoms with E-state index < -0.39 is 0 Å². The minimum Gasteiger partial charge on any atom is -0.492 e. The Hall–Kier alpha value is -0.420. The number of nitrogens with two attached hydrogens (primary N) is 1. The third kappa shape index (κ3) is 5.37. The maximum Gasteiger partial charge on any atom is 0.119 e. The SMILES string of the molecule is CSc1ccc(OCCN2CCC(N)C(C)(C)C2)cc1.Cl. The lowest BCUT2D eigenvalue weighted by Gasteiger charge is -2.42. The average molecular weight is 331 g/mol. The molecule has 1 aliphatic heterocycles. The third-order valence-electron chi connectivity index (χ3n) is 4.13. The van der Waals surface area contributed by atoms with Gasteiger partial charge in [-0.25, -0.2) is 0 Å². The zero-order valence-electron chi connectivity index (χ0n) is 13.2. The number of piperidine rings is 1. The van der Waals surface area contributed by atoms with Gasteiger partial charge in [0.2, 0.25) is 0 Å².